The molecule has 5 heteroatoms. The van der Waals surface area contributed by atoms with Crippen LogP contribution in [0.1, 0.15) is 35.4 Å². The van der Waals surface area contributed by atoms with Gasteiger partial charge < -0.3 is 14.4 Å². The molecule has 1 amide bonds. The molecule has 3 heterocycles. The second kappa shape index (κ2) is 7.45. The van der Waals surface area contributed by atoms with Crippen LogP contribution in [0.25, 0.3) is 0 Å². The van der Waals surface area contributed by atoms with E-state index in [1.54, 1.807) is 12.1 Å². The number of carbonyl (C=O) groups is 1. The first kappa shape index (κ1) is 17.1. The molecule has 0 unspecified atom stereocenters. The molecule has 0 radical (unpaired) electrons. The Hall–Kier alpha value is -1.72. The smallest absolute Gasteiger partial charge is 0.272 e. The number of likely N-dealkylation sites (tertiary alicyclic amines) is 1. The molecule has 5 nitrogen and oxygen atoms in total. The van der Waals surface area contributed by atoms with Crippen molar-refractivity contribution in [3.05, 3.63) is 42.2 Å². The summed E-state index contributed by atoms with van der Waals surface area (Å²) in [6, 6.07) is 5.58. The first-order valence-corrected chi connectivity index (χ1v) is 8.68. The summed E-state index contributed by atoms with van der Waals surface area (Å²) >= 11 is 0. The minimum Gasteiger partial charge on any atom is -0.377 e. The van der Waals surface area contributed by atoms with Crippen LogP contribution in [0.5, 0.6) is 0 Å². The highest BCUT2D eigenvalue weighted by Crippen LogP contribution is 2.40. The van der Waals surface area contributed by atoms with E-state index < -0.39 is 0 Å². The Morgan fingerprint density at radius 3 is 3.25 bits per heavy atom. The number of ether oxygens (including phenoxy) is 2. The molecule has 2 atom stereocenters. The Bertz CT molecular complexity index is 604. The van der Waals surface area contributed by atoms with E-state index in [1.165, 1.54) is 0 Å². The molecule has 2 aliphatic heterocycles. The Kier molecular flexibility index (Phi) is 5.31. The number of rotatable bonds is 5. The topological polar surface area (TPSA) is 51.7 Å². The lowest BCUT2D eigenvalue weighted by molar-refractivity contribution is -0.144. The number of pyridine rings is 1. The van der Waals surface area contributed by atoms with Gasteiger partial charge in [-0.3, -0.25) is 4.79 Å². The van der Waals surface area contributed by atoms with Gasteiger partial charge in [0.2, 0.25) is 0 Å². The lowest BCUT2D eigenvalue weighted by Crippen LogP contribution is -2.58. The molecule has 3 rings (SSSR count). The molecule has 130 valence electrons. The van der Waals surface area contributed by atoms with Crippen molar-refractivity contribution in [3.8, 4) is 0 Å². The van der Waals surface area contributed by atoms with Crippen molar-refractivity contribution in [1.82, 2.24) is 9.88 Å². The van der Waals surface area contributed by atoms with Crippen molar-refractivity contribution in [2.75, 3.05) is 32.9 Å². The molecule has 24 heavy (non-hydrogen) atoms. The van der Waals surface area contributed by atoms with Gasteiger partial charge in [0, 0.05) is 30.8 Å². The van der Waals surface area contributed by atoms with Crippen molar-refractivity contribution in [2.45, 2.75) is 32.3 Å². The Morgan fingerprint density at radius 1 is 1.58 bits per heavy atom. The summed E-state index contributed by atoms with van der Waals surface area (Å²) in [6.45, 7) is 8.94. The Balaban J connectivity index is 1.76. The van der Waals surface area contributed by atoms with Gasteiger partial charge in [0.15, 0.2) is 0 Å². The number of piperidine rings is 1. The monoisotopic (exact) mass is 330 g/mol. The lowest BCUT2D eigenvalue weighted by Gasteiger charge is -2.50. The van der Waals surface area contributed by atoms with Gasteiger partial charge in [0.25, 0.3) is 5.91 Å². The maximum Gasteiger partial charge on any atom is 0.272 e. The average Bonchev–Trinajstić information content (AvgIpc) is 2.61. The number of nitrogens with zero attached hydrogens (tertiary/aromatic N) is 2. The summed E-state index contributed by atoms with van der Waals surface area (Å²) in [4.78, 5) is 19.2. The summed E-state index contributed by atoms with van der Waals surface area (Å²) < 4.78 is 11.8. The summed E-state index contributed by atoms with van der Waals surface area (Å²) in [5.41, 5.74) is 1.27. The number of amides is 1. The fourth-order valence-corrected chi connectivity index (χ4v) is 3.84. The maximum atomic E-state index is 12.9. The first-order valence-electron chi connectivity index (χ1n) is 8.68. The summed E-state index contributed by atoms with van der Waals surface area (Å²) in [6.07, 6.45) is 4.83. The minimum absolute atomic E-state index is 0.00539. The maximum absolute atomic E-state index is 12.9. The van der Waals surface area contributed by atoms with Crippen LogP contribution in [0.2, 0.25) is 0 Å². The minimum atomic E-state index is -0.112. The number of fused-ring (bicyclic) bond motifs is 1. The van der Waals surface area contributed by atoms with Gasteiger partial charge in [0.05, 0.1) is 19.3 Å². The van der Waals surface area contributed by atoms with Crippen molar-refractivity contribution in [3.63, 3.8) is 0 Å². The Morgan fingerprint density at radius 2 is 2.46 bits per heavy atom. The van der Waals surface area contributed by atoms with Crippen molar-refractivity contribution in [1.29, 1.82) is 0 Å². The predicted octanol–water partition coefficient (Wildman–Crippen LogP) is 2.60. The van der Waals surface area contributed by atoms with Crippen LogP contribution < -0.4 is 0 Å². The molecular formula is C19H26N2O3. The highest BCUT2D eigenvalue weighted by molar-refractivity contribution is 5.92. The van der Waals surface area contributed by atoms with E-state index in [-0.39, 0.29) is 17.4 Å². The standard InChI is InChI=1S/C19H26N2O3/c1-3-11-23-14-19-9-5-12-24-17(19)8-10-21(13-19)18(22)16-7-4-6-15(2)20-16/h3-4,6-7,17H,1,5,8-14H2,2H3/t17-,19+/m0/s1. The highest BCUT2D eigenvalue weighted by atomic mass is 16.5. The highest BCUT2D eigenvalue weighted by Gasteiger charge is 2.47. The lowest BCUT2D eigenvalue weighted by atomic mass is 9.73. The van der Waals surface area contributed by atoms with E-state index >= 15 is 0 Å². The summed E-state index contributed by atoms with van der Waals surface area (Å²) in [7, 11) is 0. The zero-order chi connectivity index (χ0) is 17.0. The fraction of sp³-hybridized carbons (Fsp3) is 0.579. The molecule has 0 N–H and O–H groups in total. The third-order valence-corrected chi connectivity index (χ3v) is 5.01. The van der Waals surface area contributed by atoms with Crippen LogP contribution in [-0.4, -0.2) is 54.8 Å². The second-order valence-electron chi connectivity index (χ2n) is 6.81. The fourth-order valence-electron chi connectivity index (χ4n) is 3.84. The molecule has 0 saturated carbocycles. The van der Waals surface area contributed by atoms with Gasteiger partial charge in [0.1, 0.15) is 5.69 Å². The van der Waals surface area contributed by atoms with Gasteiger partial charge in [-0.2, -0.15) is 0 Å². The van der Waals surface area contributed by atoms with E-state index in [1.807, 2.05) is 24.0 Å². The third kappa shape index (κ3) is 3.52. The molecule has 0 bridgehead atoms. The van der Waals surface area contributed by atoms with E-state index in [9.17, 15) is 4.79 Å². The van der Waals surface area contributed by atoms with Crippen LogP contribution in [-0.2, 0) is 9.47 Å². The molecule has 2 aliphatic rings. The van der Waals surface area contributed by atoms with E-state index in [0.29, 0.717) is 32.0 Å². The summed E-state index contributed by atoms with van der Waals surface area (Å²) in [5, 5.41) is 0. The zero-order valence-electron chi connectivity index (χ0n) is 14.4. The molecule has 1 aromatic heterocycles. The number of aryl methyl sites for hydroxylation is 1. The molecule has 1 aromatic rings. The average molecular weight is 330 g/mol. The van der Waals surface area contributed by atoms with Crippen LogP contribution >= 0.6 is 0 Å². The second-order valence-corrected chi connectivity index (χ2v) is 6.81. The van der Waals surface area contributed by atoms with E-state index in [4.69, 9.17) is 9.47 Å². The molecule has 2 saturated heterocycles. The van der Waals surface area contributed by atoms with Crippen molar-refractivity contribution >= 4 is 5.91 Å². The number of hydrogen-bond acceptors (Lipinski definition) is 4. The largest absolute Gasteiger partial charge is 0.377 e. The number of carbonyl (C=O) groups excluding carboxylic acids is 1. The number of aromatic nitrogens is 1. The van der Waals surface area contributed by atoms with Gasteiger partial charge in [-0.05, 0) is 38.3 Å². The number of hydrogen-bond donors (Lipinski definition) is 0. The zero-order valence-corrected chi connectivity index (χ0v) is 14.4. The molecule has 0 aromatic carbocycles. The molecule has 2 fully saturated rings. The van der Waals surface area contributed by atoms with E-state index in [0.717, 1.165) is 31.6 Å². The Labute approximate surface area is 143 Å². The van der Waals surface area contributed by atoms with Crippen LogP contribution in [0, 0.1) is 12.3 Å². The van der Waals surface area contributed by atoms with E-state index in [2.05, 4.69) is 11.6 Å². The molecular weight excluding hydrogens is 304 g/mol. The SMILES string of the molecule is C=CCOC[C@]12CCCO[C@H]1CCN(C(=O)c1cccc(C)n1)C2. The summed E-state index contributed by atoms with van der Waals surface area (Å²) in [5.74, 6) is 0.00539. The molecule has 0 aliphatic carbocycles. The van der Waals surface area contributed by atoms with Gasteiger partial charge in [-0.1, -0.05) is 12.1 Å². The first-order chi connectivity index (χ1) is 11.6. The predicted molar refractivity (Wildman–Crippen MR) is 91.9 cm³/mol. The van der Waals surface area contributed by atoms with Crippen LogP contribution in [0.15, 0.2) is 30.9 Å². The van der Waals surface area contributed by atoms with Gasteiger partial charge in [-0.15, -0.1) is 6.58 Å². The molecule has 0 spiro atoms. The van der Waals surface area contributed by atoms with Crippen molar-refractivity contribution < 1.29 is 14.3 Å². The quantitative estimate of drug-likeness (QED) is 0.615. The van der Waals surface area contributed by atoms with Crippen LogP contribution in [0.3, 0.4) is 0 Å². The van der Waals surface area contributed by atoms with Crippen molar-refractivity contribution in [2.24, 2.45) is 5.41 Å². The van der Waals surface area contributed by atoms with Crippen LogP contribution in [0.4, 0.5) is 0 Å². The normalized spacial score (nSPS) is 26.7. The van der Waals surface area contributed by atoms with Gasteiger partial charge in [-0.25, -0.2) is 4.98 Å². The third-order valence-electron chi connectivity index (χ3n) is 5.01. The van der Waals surface area contributed by atoms with Gasteiger partial charge >= 0.3 is 0 Å².